The van der Waals surface area contributed by atoms with Crippen LogP contribution in [0, 0.1) is 0 Å². The zero-order valence-corrected chi connectivity index (χ0v) is 16.9. The van der Waals surface area contributed by atoms with E-state index >= 15 is 0 Å². The monoisotopic (exact) mass is 350 g/mol. The van der Waals surface area contributed by atoms with Gasteiger partial charge in [-0.05, 0) is 44.1 Å². The van der Waals surface area contributed by atoms with Crippen LogP contribution in [0.25, 0.3) is 0 Å². The molecule has 1 aliphatic heterocycles. The van der Waals surface area contributed by atoms with Crippen molar-refractivity contribution in [1.29, 1.82) is 0 Å². The van der Waals surface area contributed by atoms with E-state index in [1.54, 1.807) is 6.07 Å². The summed E-state index contributed by atoms with van der Waals surface area (Å²) in [6.07, 6.45) is 1.69. The van der Waals surface area contributed by atoms with Gasteiger partial charge >= 0.3 is 29.6 Å². The first-order valence-electron chi connectivity index (χ1n) is 7.44. The summed E-state index contributed by atoms with van der Waals surface area (Å²) in [5, 5.41) is 0. The number of methoxy groups -OCH3 is 1. The van der Waals surface area contributed by atoms with Gasteiger partial charge in [0.05, 0.1) is 12.0 Å². The Labute approximate surface area is 160 Å². The van der Waals surface area contributed by atoms with E-state index in [-0.39, 0.29) is 40.2 Å². The summed E-state index contributed by atoms with van der Waals surface area (Å²) in [5.74, 6) is 0.109. The fourth-order valence-corrected chi connectivity index (χ4v) is 3.34. The van der Waals surface area contributed by atoms with Crippen LogP contribution in [0.5, 0.6) is 5.75 Å². The smallest absolute Gasteiger partial charge is 0.744 e. The first kappa shape index (κ1) is 20.9. The van der Waals surface area contributed by atoms with Gasteiger partial charge in [-0.3, -0.25) is 0 Å². The summed E-state index contributed by atoms with van der Waals surface area (Å²) in [4.78, 5) is 4.45. The second-order valence-corrected chi connectivity index (χ2v) is 7.04. The van der Waals surface area contributed by atoms with Crippen molar-refractivity contribution in [2.75, 3.05) is 46.9 Å². The van der Waals surface area contributed by atoms with Crippen LogP contribution in [-0.2, 0) is 16.5 Å². The second-order valence-electron chi connectivity index (χ2n) is 5.69. The average molecular weight is 350 g/mol. The molecule has 0 unspecified atom stereocenters. The zero-order valence-electron chi connectivity index (χ0n) is 14.1. The number of hydrogen-bond acceptors (Lipinski definition) is 6. The molecule has 0 radical (unpaired) electrons. The molecule has 8 heteroatoms. The number of benzene rings is 1. The van der Waals surface area contributed by atoms with Crippen molar-refractivity contribution in [1.82, 2.24) is 9.80 Å². The SMILES string of the molecule is COc1ccc(CCCN2CCN(C)CC2)cc1S(=O)(=O)[O-].[Na+]. The fourth-order valence-electron chi connectivity index (χ4n) is 2.65. The molecule has 1 saturated heterocycles. The first-order valence-corrected chi connectivity index (χ1v) is 8.84. The molecule has 0 amide bonds. The molecule has 0 aliphatic carbocycles. The Morgan fingerprint density at radius 2 is 1.87 bits per heavy atom. The van der Waals surface area contributed by atoms with Crippen molar-refractivity contribution in [3.63, 3.8) is 0 Å². The summed E-state index contributed by atoms with van der Waals surface area (Å²) in [6.45, 7) is 5.29. The summed E-state index contributed by atoms with van der Waals surface area (Å²) in [6, 6.07) is 4.80. The van der Waals surface area contributed by atoms with Gasteiger partial charge < -0.3 is 19.1 Å². The maximum Gasteiger partial charge on any atom is 1.00 e. The van der Waals surface area contributed by atoms with Crippen molar-refractivity contribution < 1.29 is 47.3 Å². The molecule has 1 aliphatic rings. The van der Waals surface area contributed by atoms with E-state index in [4.69, 9.17) is 4.74 Å². The van der Waals surface area contributed by atoms with Crippen LogP contribution in [0.15, 0.2) is 23.1 Å². The topological polar surface area (TPSA) is 72.9 Å². The quantitative estimate of drug-likeness (QED) is 0.428. The average Bonchev–Trinajstić information content (AvgIpc) is 2.48. The maximum absolute atomic E-state index is 11.3. The number of ether oxygens (including phenoxy) is 1. The predicted octanol–water partition coefficient (Wildman–Crippen LogP) is -2.22. The van der Waals surface area contributed by atoms with E-state index in [9.17, 15) is 13.0 Å². The molecule has 1 fully saturated rings. The van der Waals surface area contributed by atoms with E-state index < -0.39 is 10.1 Å². The van der Waals surface area contributed by atoms with Gasteiger partial charge in [-0.25, -0.2) is 8.42 Å². The minimum atomic E-state index is -4.51. The Bertz CT molecular complexity index is 601. The van der Waals surface area contributed by atoms with Crippen LogP contribution in [-0.4, -0.2) is 69.7 Å². The number of hydrogen-bond donors (Lipinski definition) is 0. The van der Waals surface area contributed by atoms with Gasteiger partial charge in [0, 0.05) is 26.2 Å². The molecule has 0 aromatic heterocycles. The van der Waals surface area contributed by atoms with E-state index in [0.29, 0.717) is 0 Å². The molecular weight excluding hydrogens is 327 g/mol. The predicted molar refractivity (Wildman–Crippen MR) is 83.2 cm³/mol. The standard InChI is InChI=1S/C15H24N2O4S.Na/c1-16-8-10-17(11-9-16)7-3-4-13-5-6-14(21-2)15(12-13)22(18,19)20;/h5-6,12H,3-4,7-11H2,1-2H3,(H,18,19,20);/q;+1/p-1. The number of nitrogens with zero attached hydrogens (tertiary/aromatic N) is 2. The van der Waals surface area contributed by atoms with Crippen LogP contribution >= 0.6 is 0 Å². The zero-order chi connectivity index (χ0) is 16.2. The van der Waals surface area contributed by atoms with E-state index in [1.807, 2.05) is 6.07 Å². The minimum Gasteiger partial charge on any atom is -0.744 e. The van der Waals surface area contributed by atoms with Gasteiger partial charge in [0.15, 0.2) is 0 Å². The third kappa shape index (κ3) is 6.34. The molecule has 0 saturated carbocycles. The number of piperazine rings is 1. The maximum atomic E-state index is 11.3. The van der Waals surface area contributed by atoms with Crippen molar-refractivity contribution >= 4 is 10.1 Å². The van der Waals surface area contributed by atoms with Gasteiger partial charge in [-0.1, -0.05) is 6.07 Å². The molecule has 23 heavy (non-hydrogen) atoms. The van der Waals surface area contributed by atoms with Gasteiger partial charge in [0.2, 0.25) is 0 Å². The van der Waals surface area contributed by atoms with Gasteiger partial charge in [0.1, 0.15) is 15.9 Å². The van der Waals surface area contributed by atoms with Crippen molar-refractivity contribution in [2.24, 2.45) is 0 Å². The normalized spacial score (nSPS) is 16.8. The Balaban J connectivity index is 0.00000264. The number of likely N-dealkylation sites (N-methyl/N-ethyl adjacent to an activating group) is 1. The summed E-state index contributed by atoms with van der Waals surface area (Å²) in [7, 11) is -1.03. The van der Waals surface area contributed by atoms with Crippen molar-refractivity contribution in [3.8, 4) is 5.75 Å². The Morgan fingerprint density at radius 3 is 2.43 bits per heavy atom. The molecule has 124 valence electrons. The third-order valence-electron chi connectivity index (χ3n) is 4.03. The van der Waals surface area contributed by atoms with Crippen LogP contribution in [0.2, 0.25) is 0 Å². The Kier molecular flexibility index (Phi) is 8.51. The minimum absolute atomic E-state index is 0. The Hall–Kier alpha value is -0.150. The molecule has 1 aromatic carbocycles. The van der Waals surface area contributed by atoms with Crippen molar-refractivity contribution in [3.05, 3.63) is 23.8 Å². The summed E-state index contributed by atoms with van der Waals surface area (Å²) in [5.41, 5.74) is 0.851. The molecule has 1 aromatic rings. The van der Waals surface area contributed by atoms with Crippen molar-refractivity contribution in [2.45, 2.75) is 17.7 Å². The molecule has 2 rings (SSSR count). The molecular formula is C15H23N2NaO4S. The second kappa shape index (κ2) is 9.36. The molecule has 1 heterocycles. The van der Waals surface area contributed by atoms with E-state index in [0.717, 1.165) is 51.1 Å². The summed E-state index contributed by atoms with van der Waals surface area (Å²) < 4.78 is 38.7. The molecule has 0 atom stereocenters. The largest absolute Gasteiger partial charge is 1.00 e. The van der Waals surface area contributed by atoms with E-state index in [1.165, 1.54) is 13.2 Å². The molecule has 0 N–H and O–H groups in total. The number of rotatable bonds is 6. The Morgan fingerprint density at radius 1 is 1.22 bits per heavy atom. The van der Waals surface area contributed by atoms with Gasteiger partial charge in [-0.2, -0.15) is 0 Å². The third-order valence-corrected chi connectivity index (χ3v) is 4.89. The molecule has 0 spiro atoms. The van der Waals surface area contributed by atoms with E-state index in [2.05, 4.69) is 16.8 Å². The van der Waals surface area contributed by atoms with Gasteiger partial charge in [0.25, 0.3) is 0 Å². The number of aryl methyl sites for hydroxylation is 1. The first-order chi connectivity index (χ1) is 10.4. The van der Waals surface area contributed by atoms with Crippen LogP contribution in [0.3, 0.4) is 0 Å². The van der Waals surface area contributed by atoms with Gasteiger partial charge in [-0.15, -0.1) is 0 Å². The fraction of sp³-hybridized carbons (Fsp3) is 0.600. The van der Waals surface area contributed by atoms with Crippen LogP contribution in [0.1, 0.15) is 12.0 Å². The molecule has 0 bridgehead atoms. The van der Waals surface area contributed by atoms with Crippen LogP contribution in [0.4, 0.5) is 0 Å². The van der Waals surface area contributed by atoms with Crippen LogP contribution < -0.4 is 34.3 Å². The summed E-state index contributed by atoms with van der Waals surface area (Å²) >= 11 is 0. The molecule has 6 nitrogen and oxygen atoms in total.